The molecule has 3 aromatic rings. The molecule has 1 unspecified atom stereocenters. The minimum Gasteiger partial charge on any atom is -0.508 e. The maximum Gasteiger partial charge on any atom is 0.121 e. The summed E-state index contributed by atoms with van der Waals surface area (Å²) in [5.74, 6) is 0.318. The Kier molecular flexibility index (Phi) is 2.99. The van der Waals surface area contributed by atoms with Crippen molar-refractivity contribution >= 4 is 16.6 Å². The average molecular weight is 268 g/mol. The van der Waals surface area contributed by atoms with E-state index >= 15 is 0 Å². The highest BCUT2D eigenvalue weighted by Crippen LogP contribution is 2.30. The van der Waals surface area contributed by atoms with E-state index < -0.39 is 0 Å². The molecule has 1 aromatic heterocycles. The molecule has 0 saturated carbocycles. The van der Waals surface area contributed by atoms with E-state index in [1.807, 2.05) is 37.4 Å². The summed E-state index contributed by atoms with van der Waals surface area (Å²) in [6.45, 7) is 1.94. The van der Waals surface area contributed by atoms with Gasteiger partial charge in [0.25, 0.3) is 0 Å². The number of phenolic OH excluding ortho intramolecular Hbond substituents is 2. The van der Waals surface area contributed by atoms with Gasteiger partial charge in [0.1, 0.15) is 11.5 Å². The normalized spacial score (nSPS) is 12.4. The molecule has 1 atom stereocenters. The number of benzene rings is 2. The minimum atomic E-state index is -0.113. The summed E-state index contributed by atoms with van der Waals surface area (Å²) in [5.41, 5.74) is 2.72. The Bertz CT molecular complexity index is 749. The third-order valence-electron chi connectivity index (χ3n) is 3.41. The lowest BCUT2D eigenvalue weighted by molar-refractivity contribution is 0.451. The van der Waals surface area contributed by atoms with Gasteiger partial charge in [-0.15, -0.1) is 0 Å². The number of rotatable bonds is 3. The van der Waals surface area contributed by atoms with E-state index in [9.17, 15) is 10.2 Å². The van der Waals surface area contributed by atoms with E-state index in [-0.39, 0.29) is 17.5 Å². The molecular formula is C16H16N2O2. The van der Waals surface area contributed by atoms with Gasteiger partial charge in [0.05, 0.1) is 6.04 Å². The van der Waals surface area contributed by atoms with Crippen molar-refractivity contribution in [1.29, 1.82) is 0 Å². The van der Waals surface area contributed by atoms with Crippen LogP contribution in [0.1, 0.15) is 18.5 Å². The Morgan fingerprint density at radius 1 is 1.05 bits per heavy atom. The lowest BCUT2D eigenvalue weighted by Crippen LogP contribution is -2.06. The Hall–Kier alpha value is -2.62. The minimum absolute atomic E-state index is 0.113. The monoisotopic (exact) mass is 268 g/mol. The van der Waals surface area contributed by atoms with Crippen molar-refractivity contribution in [2.45, 2.75) is 13.0 Å². The number of fused-ring (bicyclic) bond motifs is 1. The highest BCUT2D eigenvalue weighted by molar-refractivity contribution is 5.83. The van der Waals surface area contributed by atoms with Crippen LogP contribution >= 0.6 is 0 Å². The highest BCUT2D eigenvalue weighted by atomic mass is 16.3. The number of hydrogen-bond acceptors (Lipinski definition) is 3. The zero-order valence-electron chi connectivity index (χ0n) is 11.1. The molecule has 3 rings (SSSR count). The quantitative estimate of drug-likeness (QED) is 0.547. The number of aromatic amines is 1. The van der Waals surface area contributed by atoms with Crippen molar-refractivity contribution < 1.29 is 10.2 Å². The first-order valence-electron chi connectivity index (χ1n) is 6.49. The lowest BCUT2D eigenvalue weighted by Gasteiger charge is -2.17. The van der Waals surface area contributed by atoms with E-state index in [2.05, 4.69) is 10.3 Å². The third-order valence-corrected chi connectivity index (χ3v) is 3.41. The Morgan fingerprint density at radius 3 is 2.75 bits per heavy atom. The zero-order chi connectivity index (χ0) is 14.1. The van der Waals surface area contributed by atoms with Crippen molar-refractivity contribution in [1.82, 2.24) is 4.98 Å². The maximum absolute atomic E-state index is 9.87. The van der Waals surface area contributed by atoms with Crippen LogP contribution in [0.4, 0.5) is 5.69 Å². The van der Waals surface area contributed by atoms with Gasteiger partial charge in [-0.3, -0.25) is 0 Å². The highest BCUT2D eigenvalue weighted by Gasteiger charge is 2.11. The van der Waals surface area contributed by atoms with Gasteiger partial charge in [0, 0.05) is 28.4 Å². The molecule has 0 saturated heterocycles. The second kappa shape index (κ2) is 4.81. The van der Waals surface area contributed by atoms with Crippen molar-refractivity contribution in [2.75, 3.05) is 5.32 Å². The molecule has 0 bridgehead atoms. The molecule has 0 aliphatic heterocycles. The summed E-state index contributed by atoms with van der Waals surface area (Å²) in [5, 5.41) is 23.8. The lowest BCUT2D eigenvalue weighted by atomic mass is 10.1. The van der Waals surface area contributed by atoms with Crippen LogP contribution in [0.2, 0.25) is 0 Å². The first-order chi connectivity index (χ1) is 9.63. The number of aromatic nitrogens is 1. The maximum atomic E-state index is 9.87. The molecule has 4 heteroatoms. The van der Waals surface area contributed by atoms with Crippen LogP contribution in [0.25, 0.3) is 10.9 Å². The number of nitrogens with one attached hydrogen (secondary N) is 2. The summed E-state index contributed by atoms with van der Waals surface area (Å²) in [4.78, 5) is 3.15. The predicted molar refractivity (Wildman–Crippen MR) is 80.1 cm³/mol. The topological polar surface area (TPSA) is 68.3 Å². The molecule has 4 N–H and O–H groups in total. The van der Waals surface area contributed by atoms with Gasteiger partial charge in [-0.1, -0.05) is 0 Å². The fraction of sp³-hybridized carbons (Fsp3) is 0.125. The first-order valence-corrected chi connectivity index (χ1v) is 6.49. The van der Waals surface area contributed by atoms with Gasteiger partial charge in [0.2, 0.25) is 0 Å². The van der Waals surface area contributed by atoms with Crippen LogP contribution in [0.5, 0.6) is 11.5 Å². The van der Waals surface area contributed by atoms with Crippen LogP contribution in [-0.2, 0) is 0 Å². The number of phenols is 2. The second-order valence-electron chi connectivity index (χ2n) is 4.89. The molecule has 102 valence electrons. The van der Waals surface area contributed by atoms with Crippen molar-refractivity contribution in [2.24, 2.45) is 0 Å². The van der Waals surface area contributed by atoms with Gasteiger partial charge < -0.3 is 20.5 Å². The molecule has 20 heavy (non-hydrogen) atoms. The average Bonchev–Trinajstić information content (AvgIpc) is 2.89. The molecule has 1 heterocycles. The molecule has 0 amide bonds. The second-order valence-corrected chi connectivity index (χ2v) is 4.89. The summed E-state index contributed by atoms with van der Waals surface area (Å²) in [7, 11) is 0. The number of hydrogen-bond donors (Lipinski definition) is 4. The Balaban J connectivity index is 1.87. The molecule has 4 nitrogen and oxygen atoms in total. The van der Waals surface area contributed by atoms with Crippen LogP contribution in [0, 0.1) is 0 Å². The summed E-state index contributed by atoms with van der Waals surface area (Å²) in [6, 6.07) is 12.5. The first kappa shape index (κ1) is 12.4. The summed E-state index contributed by atoms with van der Waals surface area (Å²) >= 11 is 0. The van der Waals surface area contributed by atoms with Crippen molar-refractivity contribution in [3.63, 3.8) is 0 Å². The van der Waals surface area contributed by atoms with Crippen LogP contribution in [0.15, 0.2) is 48.7 Å². The molecule has 0 aliphatic carbocycles. The molecule has 2 aromatic carbocycles. The van der Waals surface area contributed by atoms with E-state index in [1.54, 1.807) is 6.07 Å². The Morgan fingerprint density at radius 2 is 1.90 bits per heavy atom. The number of anilines is 1. The Labute approximate surface area is 116 Å². The van der Waals surface area contributed by atoms with E-state index in [0.29, 0.717) is 5.56 Å². The third kappa shape index (κ3) is 2.28. The number of H-pyrrole nitrogens is 1. The number of aromatic hydroxyl groups is 2. The fourth-order valence-electron chi connectivity index (χ4n) is 2.36. The van der Waals surface area contributed by atoms with Gasteiger partial charge in [0.15, 0.2) is 0 Å². The fourth-order valence-corrected chi connectivity index (χ4v) is 2.36. The zero-order valence-corrected chi connectivity index (χ0v) is 11.1. The molecule has 0 radical (unpaired) electrons. The molecule has 0 aliphatic rings. The predicted octanol–water partition coefficient (Wildman–Crippen LogP) is 3.75. The molecule has 0 fully saturated rings. The van der Waals surface area contributed by atoms with E-state index in [4.69, 9.17) is 0 Å². The molecule has 0 spiro atoms. The summed E-state index contributed by atoms with van der Waals surface area (Å²) in [6.07, 6.45) is 1.90. The van der Waals surface area contributed by atoms with Gasteiger partial charge >= 0.3 is 0 Å². The van der Waals surface area contributed by atoms with E-state index in [0.717, 1.165) is 16.6 Å². The van der Waals surface area contributed by atoms with Crippen LogP contribution < -0.4 is 5.32 Å². The van der Waals surface area contributed by atoms with Crippen LogP contribution in [0.3, 0.4) is 0 Å². The standard InChI is InChI=1S/C16H16N2O2/c1-10(14-9-13(19)3-5-16(14)20)18-12-2-4-15-11(8-12)6-7-17-15/h2-10,17-20H,1H3. The van der Waals surface area contributed by atoms with Gasteiger partial charge in [-0.05, 0) is 49.4 Å². The molecular weight excluding hydrogens is 252 g/mol. The van der Waals surface area contributed by atoms with Crippen LogP contribution in [-0.4, -0.2) is 15.2 Å². The SMILES string of the molecule is CC(Nc1ccc2[nH]ccc2c1)c1cc(O)ccc1O. The van der Waals surface area contributed by atoms with Crippen molar-refractivity contribution in [3.8, 4) is 11.5 Å². The largest absolute Gasteiger partial charge is 0.508 e. The summed E-state index contributed by atoms with van der Waals surface area (Å²) < 4.78 is 0. The van der Waals surface area contributed by atoms with Gasteiger partial charge in [-0.2, -0.15) is 0 Å². The van der Waals surface area contributed by atoms with E-state index in [1.165, 1.54) is 12.1 Å². The smallest absolute Gasteiger partial charge is 0.121 e. The van der Waals surface area contributed by atoms with Crippen molar-refractivity contribution in [3.05, 3.63) is 54.2 Å². The van der Waals surface area contributed by atoms with Gasteiger partial charge in [-0.25, -0.2) is 0 Å².